The molecule has 0 spiro atoms. The zero-order valence-corrected chi connectivity index (χ0v) is 45.3. The zero-order chi connectivity index (χ0) is 51.3. The molecule has 0 unspecified atom stereocenters. The van der Waals surface area contributed by atoms with Gasteiger partial charge >= 0.3 is 0 Å². The third-order valence-electron chi connectivity index (χ3n) is 18.5. The van der Waals surface area contributed by atoms with E-state index in [-0.39, 0.29) is 59.0 Å². The molecule has 10 rings (SSSR count). The van der Waals surface area contributed by atoms with Crippen molar-refractivity contribution < 1.29 is 19.8 Å². The van der Waals surface area contributed by atoms with Crippen molar-refractivity contribution in [3.63, 3.8) is 0 Å². The number of aliphatic hydroxyl groups excluding tert-OH is 2. The first-order chi connectivity index (χ1) is 36.0. The van der Waals surface area contributed by atoms with Crippen molar-refractivity contribution in [3.05, 3.63) is 95.0 Å². The van der Waals surface area contributed by atoms with Crippen molar-refractivity contribution in [1.29, 1.82) is 0 Å². The normalized spacial score (nSPS) is 25.6. The van der Waals surface area contributed by atoms with Crippen molar-refractivity contribution in [2.45, 2.75) is 204 Å². The highest BCUT2D eigenvalue weighted by molar-refractivity contribution is 6.30. The number of aliphatic hydroxyl groups is 2. The molecular formula is C58H84Cl2N10O4. The molecule has 2 saturated heterocycles. The van der Waals surface area contributed by atoms with Crippen LogP contribution in [0.3, 0.4) is 0 Å². The molecule has 16 heteroatoms. The Morgan fingerprint density at radius 1 is 0.527 bits per heavy atom. The van der Waals surface area contributed by atoms with Crippen LogP contribution in [-0.2, 0) is 35.5 Å². The number of carbonyl (C=O) groups is 2. The molecular weight excluding hydrogens is 972 g/mol. The van der Waals surface area contributed by atoms with Crippen molar-refractivity contribution in [2.24, 2.45) is 22.7 Å². The van der Waals surface area contributed by atoms with Crippen molar-refractivity contribution >= 4 is 35.0 Å². The molecule has 2 aromatic heterocycles. The third kappa shape index (κ3) is 14.8. The van der Waals surface area contributed by atoms with Gasteiger partial charge in [-0.25, -0.2) is 9.97 Å². The van der Waals surface area contributed by atoms with Gasteiger partial charge in [0, 0.05) is 61.4 Å². The maximum absolute atomic E-state index is 14.0. The molecule has 4 aliphatic carbocycles. The fourth-order valence-electron chi connectivity index (χ4n) is 14.1. The van der Waals surface area contributed by atoms with Crippen LogP contribution in [0.2, 0.25) is 10.0 Å². The second kappa shape index (κ2) is 26.4. The van der Waals surface area contributed by atoms with Crippen LogP contribution in [0.25, 0.3) is 0 Å². The van der Waals surface area contributed by atoms with Crippen molar-refractivity contribution in [1.82, 2.24) is 50.0 Å². The minimum Gasteiger partial charge on any atom is -0.393 e. The first-order valence-corrected chi connectivity index (χ1v) is 29.4. The number of piperidine rings is 2. The molecule has 6 aliphatic rings. The van der Waals surface area contributed by atoms with E-state index >= 15 is 0 Å². The Morgan fingerprint density at radius 2 is 0.878 bits per heavy atom. The average Bonchev–Trinajstić information content (AvgIpc) is 4.16. The molecule has 6 fully saturated rings. The number of nitrogens with one attached hydrogen (secondary N) is 2. The van der Waals surface area contributed by atoms with Gasteiger partial charge in [-0.15, -0.1) is 0 Å². The van der Waals surface area contributed by atoms with E-state index in [0.717, 1.165) is 127 Å². The second-order valence-corrected chi connectivity index (χ2v) is 24.2. The summed E-state index contributed by atoms with van der Waals surface area (Å²) in [5, 5.41) is 37.6. The average molecular weight is 1060 g/mol. The van der Waals surface area contributed by atoms with Crippen LogP contribution in [0.1, 0.15) is 152 Å². The largest absolute Gasteiger partial charge is 0.393 e. The van der Waals surface area contributed by atoms with Gasteiger partial charge in [-0.3, -0.25) is 19.0 Å². The fraction of sp³-hybridized carbons (Fsp3) is 0.690. The predicted molar refractivity (Wildman–Crippen MR) is 290 cm³/mol. The summed E-state index contributed by atoms with van der Waals surface area (Å²) in [4.78, 5) is 40.5. The van der Waals surface area contributed by atoms with Gasteiger partial charge in [0.1, 0.15) is 25.3 Å². The number of amides is 2. The van der Waals surface area contributed by atoms with Gasteiger partial charge in [-0.2, -0.15) is 10.2 Å². The summed E-state index contributed by atoms with van der Waals surface area (Å²) >= 11 is 12.2. The molecule has 2 atom stereocenters. The van der Waals surface area contributed by atoms with Crippen LogP contribution in [0.15, 0.2) is 73.8 Å². The van der Waals surface area contributed by atoms with E-state index in [1.165, 1.54) is 64.2 Å². The van der Waals surface area contributed by atoms with Crippen LogP contribution in [0, 0.1) is 22.7 Å². The minimum absolute atomic E-state index is 0.184. The van der Waals surface area contributed by atoms with E-state index in [4.69, 9.17) is 23.2 Å². The van der Waals surface area contributed by atoms with Gasteiger partial charge in [0.05, 0.1) is 24.3 Å². The number of aromatic nitrogens is 6. The van der Waals surface area contributed by atoms with Gasteiger partial charge in [0.2, 0.25) is 11.8 Å². The molecule has 4 aromatic rings. The molecule has 0 radical (unpaired) electrons. The number of carbonyl (C=O) groups excluding carboxylic acids is 2. The summed E-state index contributed by atoms with van der Waals surface area (Å²) in [5.74, 6) is 1.80. The highest BCUT2D eigenvalue weighted by Gasteiger charge is 2.46. The topological polar surface area (TPSA) is 167 Å². The Labute approximate surface area is 450 Å². The highest BCUT2D eigenvalue weighted by atomic mass is 35.5. The second-order valence-electron chi connectivity index (χ2n) is 23.3. The van der Waals surface area contributed by atoms with Gasteiger partial charge in [-0.05, 0) is 174 Å². The number of benzene rings is 2. The first-order valence-electron chi connectivity index (χ1n) is 28.6. The van der Waals surface area contributed by atoms with Gasteiger partial charge in [0.15, 0.2) is 0 Å². The van der Waals surface area contributed by atoms with Crippen LogP contribution < -0.4 is 10.6 Å². The molecule has 2 amide bonds. The molecule has 404 valence electrons. The lowest BCUT2D eigenvalue weighted by Gasteiger charge is -2.48. The number of hydrogen-bond donors (Lipinski definition) is 4. The third-order valence-corrected chi connectivity index (χ3v) is 19.0. The summed E-state index contributed by atoms with van der Waals surface area (Å²) in [7, 11) is 0. The Bertz CT molecular complexity index is 2110. The van der Waals surface area contributed by atoms with E-state index in [2.05, 4.69) is 40.6 Å². The Kier molecular flexibility index (Phi) is 19.6. The van der Waals surface area contributed by atoms with E-state index in [1.807, 2.05) is 70.5 Å². The number of nitrogens with zero attached hydrogens (tertiary/aromatic N) is 8. The lowest BCUT2D eigenvalue weighted by molar-refractivity contribution is -0.138. The molecule has 4 heterocycles. The van der Waals surface area contributed by atoms with Gasteiger partial charge in [-0.1, -0.05) is 86.0 Å². The smallest absolute Gasteiger partial charge is 0.240 e. The van der Waals surface area contributed by atoms with E-state index < -0.39 is 0 Å². The Morgan fingerprint density at radius 3 is 1.20 bits per heavy atom. The van der Waals surface area contributed by atoms with Crippen molar-refractivity contribution in [3.8, 4) is 0 Å². The molecule has 4 N–H and O–H groups in total. The maximum Gasteiger partial charge on any atom is 0.240 e. The summed E-state index contributed by atoms with van der Waals surface area (Å²) in [6.45, 7) is 4.99. The van der Waals surface area contributed by atoms with Crippen LogP contribution in [0.4, 0.5) is 0 Å². The van der Waals surface area contributed by atoms with Crippen LogP contribution in [-0.4, -0.2) is 124 Å². The lowest BCUT2D eigenvalue weighted by Crippen LogP contribution is -2.55. The summed E-state index contributed by atoms with van der Waals surface area (Å²) in [6, 6.07) is 15.7. The number of hydrogen-bond acceptors (Lipinski definition) is 10. The predicted octanol–water partition coefficient (Wildman–Crippen LogP) is 9.25. The van der Waals surface area contributed by atoms with Crippen LogP contribution in [0.5, 0.6) is 0 Å². The van der Waals surface area contributed by atoms with Gasteiger partial charge < -0.3 is 30.6 Å². The maximum atomic E-state index is 14.0. The lowest BCUT2D eigenvalue weighted by atomic mass is 9.63. The van der Waals surface area contributed by atoms with E-state index in [1.54, 1.807) is 12.7 Å². The number of halogens is 2. The number of likely N-dealkylation sites (tertiary alicyclic amines) is 2. The quantitative estimate of drug-likeness (QED) is 0.0850. The summed E-state index contributed by atoms with van der Waals surface area (Å²) in [6.07, 6.45) is 31.9. The molecule has 0 bridgehead atoms. The van der Waals surface area contributed by atoms with Crippen LogP contribution >= 0.6 is 23.2 Å². The monoisotopic (exact) mass is 1050 g/mol. The molecule has 74 heavy (non-hydrogen) atoms. The van der Waals surface area contributed by atoms with Gasteiger partial charge in [0.25, 0.3) is 0 Å². The number of rotatable bonds is 16. The molecule has 4 saturated carbocycles. The summed E-state index contributed by atoms with van der Waals surface area (Å²) in [5.41, 5.74) is 2.60. The highest BCUT2D eigenvalue weighted by Crippen LogP contribution is 2.48. The molecule has 14 nitrogen and oxygen atoms in total. The molecule has 2 aromatic carbocycles. The first kappa shape index (κ1) is 54.9. The minimum atomic E-state index is -0.265. The zero-order valence-electron chi connectivity index (χ0n) is 43.8. The van der Waals surface area contributed by atoms with Crippen molar-refractivity contribution in [2.75, 3.05) is 26.2 Å². The molecule has 2 aliphatic heterocycles. The van der Waals surface area contributed by atoms with E-state index in [0.29, 0.717) is 34.7 Å². The fourth-order valence-corrected chi connectivity index (χ4v) is 14.3. The Balaban J connectivity index is 0.000000182. The SMILES string of the molecule is O=C([C@@H](Cc1ccc(Cl)cc1)N[C@H]1CC[C@@H](O)CC1)N1CCC(Cn2cncn2)(C2CCCCC2)CC1.O=C([C@@H](Cc1ccc(Cl)cc1)N[C@H]1CC[C@H](O)CC1)N1CCC(Cn2cncn2)(C2CCCCC2)CC1. The standard InChI is InChI=1S/2C29H42ClN5O2/c2*30-24-8-6-22(7-9-24)18-27(33-25-10-12-26(36)13-11-25)28(37)34-16-14-29(15-17-34,19-35-21-31-20-32-35)23-4-2-1-3-5-23/h2*6-9,20-21,23,25-27,33,36H,1-5,10-19H2/t25-,26+,27-;25-,26-,27-/m11/s1. The van der Waals surface area contributed by atoms with E-state index in [9.17, 15) is 19.8 Å². The summed E-state index contributed by atoms with van der Waals surface area (Å²) < 4.78 is 4.02. The Hall–Kier alpha value is -3.92.